The van der Waals surface area contributed by atoms with Gasteiger partial charge in [0.2, 0.25) is 23.6 Å². The summed E-state index contributed by atoms with van der Waals surface area (Å²) in [5.41, 5.74) is 4.43. The van der Waals surface area contributed by atoms with Gasteiger partial charge in [-0.3, -0.25) is 10.1 Å². The monoisotopic (exact) mass is 450 g/mol. The van der Waals surface area contributed by atoms with Crippen LogP contribution < -0.4 is 15.6 Å². The third-order valence-electron chi connectivity index (χ3n) is 4.84. The highest BCUT2D eigenvalue weighted by atomic mass is 16.6. The molecule has 1 aromatic heterocycles. The number of aromatic hydroxyl groups is 1. The van der Waals surface area contributed by atoms with Crippen LogP contribution in [0.5, 0.6) is 5.75 Å². The summed E-state index contributed by atoms with van der Waals surface area (Å²) in [4.78, 5) is 25.6. The van der Waals surface area contributed by atoms with Crippen LogP contribution in [0.25, 0.3) is 0 Å². The van der Waals surface area contributed by atoms with E-state index in [9.17, 15) is 15.2 Å². The number of morpholine rings is 1. The van der Waals surface area contributed by atoms with E-state index in [-0.39, 0.29) is 11.5 Å². The van der Waals surface area contributed by atoms with Crippen molar-refractivity contribution in [2.75, 3.05) is 41.9 Å². The predicted molar refractivity (Wildman–Crippen MR) is 123 cm³/mol. The lowest BCUT2D eigenvalue weighted by Crippen LogP contribution is -2.37. The van der Waals surface area contributed by atoms with Crippen molar-refractivity contribution in [3.63, 3.8) is 0 Å². The fourth-order valence-electron chi connectivity index (χ4n) is 3.10. The normalized spacial score (nSPS) is 13.8. The van der Waals surface area contributed by atoms with Crippen molar-refractivity contribution < 1.29 is 14.8 Å². The maximum atomic E-state index is 11.0. The predicted octanol–water partition coefficient (Wildman–Crippen LogP) is 2.82. The number of nitro groups is 1. The molecule has 33 heavy (non-hydrogen) atoms. The smallest absolute Gasteiger partial charge is 0.311 e. The van der Waals surface area contributed by atoms with Gasteiger partial charge in [-0.2, -0.15) is 20.1 Å². The van der Waals surface area contributed by atoms with Gasteiger partial charge < -0.3 is 20.1 Å². The molecule has 0 unspecified atom stereocenters. The van der Waals surface area contributed by atoms with E-state index in [4.69, 9.17) is 4.74 Å². The fraction of sp³-hybridized carbons (Fsp3) is 0.238. The Balaban J connectivity index is 1.58. The maximum absolute atomic E-state index is 11.0. The van der Waals surface area contributed by atoms with Gasteiger partial charge in [0.25, 0.3) is 0 Å². The molecule has 4 rings (SSSR count). The number of hydrazone groups is 1. The minimum atomic E-state index is -0.663. The number of nitrogens with zero attached hydrogens (tertiary/aromatic N) is 6. The van der Waals surface area contributed by atoms with Crippen molar-refractivity contribution in [3.05, 3.63) is 63.7 Å². The molecule has 1 saturated heterocycles. The standard InChI is InChI=1S/C21H22N8O4/c1-14-5-7-16(8-6-14)23-19-24-20(26-21(25-19)28-9-11-33-12-10-28)27-22-13-15-3-2-4-17(18(15)30)29(31)32/h2-8,13,30H,9-12H2,1H3,(H2,23,24,25,26,27)/b22-13-. The summed E-state index contributed by atoms with van der Waals surface area (Å²) in [5, 5.41) is 28.3. The molecule has 1 fully saturated rings. The average molecular weight is 450 g/mol. The number of phenolic OH excluding ortho intramolecular Hbond substituents is 1. The number of aryl methyl sites for hydroxylation is 1. The first-order valence-electron chi connectivity index (χ1n) is 10.2. The van der Waals surface area contributed by atoms with E-state index in [1.165, 1.54) is 24.4 Å². The van der Waals surface area contributed by atoms with Crippen LogP contribution in [0.2, 0.25) is 0 Å². The summed E-state index contributed by atoms with van der Waals surface area (Å²) in [5.74, 6) is 0.478. The first-order chi connectivity index (χ1) is 16.0. The summed E-state index contributed by atoms with van der Waals surface area (Å²) >= 11 is 0. The molecule has 0 atom stereocenters. The molecule has 3 N–H and O–H groups in total. The molecule has 170 valence electrons. The Kier molecular flexibility index (Phi) is 6.55. The Labute approximate surface area is 189 Å². The molecule has 3 aromatic rings. The summed E-state index contributed by atoms with van der Waals surface area (Å²) in [6.45, 7) is 4.41. The second-order valence-electron chi connectivity index (χ2n) is 7.22. The molecule has 2 heterocycles. The Morgan fingerprint density at radius 2 is 1.85 bits per heavy atom. The average Bonchev–Trinajstić information content (AvgIpc) is 2.82. The van der Waals surface area contributed by atoms with Gasteiger partial charge in [0.1, 0.15) is 0 Å². The molecule has 0 aliphatic carbocycles. The Hall–Kier alpha value is -4.32. The lowest BCUT2D eigenvalue weighted by atomic mass is 10.2. The van der Waals surface area contributed by atoms with Gasteiger partial charge in [-0.15, -0.1) is 0 Å². The first kappa shape index (κ1) is 21.9. The van der Waals surface area contributed by atoms with Crippen LogP contribution >= 0.6 is 0 Å². The number of hydrogen-bond acceptors (Lipinski definition) is 11. The van der Waals surface area contributed by atoms with Gasteiger partial charge >= 0.3 is 5.69 Å². The second-order valence-corrected chi connectivity index (χ2v) is 7.22. The van der Waals surface area contributed by atoms with E-state index in [1.807, 2.05) is 36.1 Å². The van der Waals surface area contributed by atoms with Crippen LogP contribution in [0.4, 0.5) is 29.2 Å². The molecular weight excluding hydrogens is 428 g/mol. The van der Waals surface area contributed by atoms with Gasteiger partial charge in [0.15, 0.2) is 0 Å². The lowest BCUT2D eigenvalue weighted by Gasteiger charge is -2.27. The Morgan fingerprint density at radius 1 is 1.12 bits per heavy atom. The molecule has 1 aliphatic rings. The number of benzene rings is 2. The molecule has 0 amide bonds. The molecular formula is C21H22N8O4. The van der Waals surface area contributed by atoms with Gasteiger partial charge in [-0.1, -0.05) is 23.8 Å². The number of hydrogen-bond donors (Lipinski definition) is 3. The van der Waals surface area contributed by atoms with Crippen molar-refractivity contribution in [2.24, 2.45) is 5.10 Å². The van der Waals surface area contributed by atoms with E-state index in [0.29, 0.717) is 38.2 Å². The minimum Gasteiger partial charge on any atom is -0.502 e. The quantitative estimate of drug-likeness (QED) is 0.278. The highest BCUT2D eigenvalue weighted by Crippen LogP contribution is 2.28. The van der Waals surface area contributed by atoms with Crippen LogP contribution in [0.15, 0.2) is 47.6 Å². The zero-order valence-electron chi connectivity index (χ0n) is 17.8. The number of anilines is 4. The summed E-state index contributed by atoms with van der Waals surface area (Å²) in [7, 11) is 0. The van der Waals surface area contributed by atoms with E-state index >= 15 is 0 Å². The molecule has 12 heteroatoms. The molecule has 0 saturated carbocycles. The van der Waals surface area contributed by atoms with Gasteiger partial charge in [0, 0.05) is 30.4 Å². The van der Waals surface area contributed by atoms with Gasteiger partial charge in [-0.25, -0.2) is 5.43 Å². The third kappa shape index (κ3) is 5.49. The number of para-hydroxylation sites is 1. The molecule has 0 spiro atoms. The number of phenols is 1. The van der Waals surface area contributed by atoms with Crippen molar-refractivity contribution >= 4 is 35.4 Å². The second kappa shape index (κ2) is 9.87. The summed E-state index contributed by atoms with van der Waals surface area (Å²) in [6, 6.07) is 12.0. The van der Waals surface area contributed by atoms with Crippen molar-refractivity contribution in [1.29, 1.82) is 0 Å². The Bertz CT molecular complexity index is 1160. The highest BCUT2D eigenvalue weighted by Gasteiger charge is 2.17. The minimum absolute atomic E-state index is 0.169. The molecule has 1 aliphatic heterocycles. The Morgan fingerprint density at radius 3 is 2.58 bits per heavy atom. The van der Waals surface area contributed by atoms with E-state index in [2.05, 4.69) is 30.8 Å². The van der Waals surface area contributed by atoms with Crippen LogP contribution in [0, 0.1) is 17.0 Å². The fourth-order valence-corrected chi connectivity index (χ4v) is 3.10. The molecule has 0 bridgehead atoms. The summed E-state index contributed by atoms with van der Waals surface area (Å²) in [6.07, 6.45) is 1.26. The van der Waals surface area contributed by atoms with Crippen LogP contribution in [-0.4, -0.2) is 57.5 Å². The number of rotatable bonds is 7. The van der Waals surface area contributed by atoms with Gasteiger partial charge in [0.05, 0.1) is 24.4 Å². The number of aromatic nitrogens is 3. The summed E-state index contributed by atoms with van der Waals surface area (Å²) < 4.78 is 5.40. The maximum Gasteiger partial charge on any atom is 0.311 e. The number of ether oxygens (including phenoxy) is 1. The van der Waals surface area contributed by atoms with E-state index in [0.717, 1.165) is 11.3 Å². The van der Waals surface area contributed by atoms with Crippen molar-refractivity contribution in [2.45, 2.75) is 6.92 Å². The van der Waals surface area contributed by atoms with Crippen molar-refractivity contribution in [1.82, 2.24) is 15.0 Å². The highest BCUT2D eigenvalue weighted by molar-refractivity contribution is 5.85. The van der Waals surface area contributed by atoms with E-state index in [1.54, 1.807) is 0 Å². The largest absolute Gasteiger partial charge is 0.502 e. The molecule has 2 aromatic carbocycles. The molecule has 12 nitrogen and oxygen atoms in total. The van der Waals surface area contributed by atoms with Crippen LogP contribution in [-0.2, 0) is 4.74 Å². The SMILES string of the molecule is Cc1ccc(Nc2nc(N/N=C\c3cccc([N+](=O)[O-])c3O)nc(N3CCOCC3)n2)cc1. The number of nitro benzene ring substituents is 1. The number of nitrogens with one attached hydrogen (secondary N) is 2. The zero-order valence-corrected chi connectivity index (χ0v) is 17.8. The zero-order chi connectivity index (χ0) is 23.2. The topological polar surface area (TPSA) is 151 Å². The van der Waals surface area contributed by atoms with Crippen molar-refractivity contribution in [3.8, 4) is 5.75 Å². The van der Waals surface area contributed by atoms with E-state index < -0.39 is 16.4 Å². The van der Waals surface area contributed by atoms with Crippen LogP contribution in [0.1, 0.15) is 11.1 Å². The third-order valence-corrected chi connectivity index (χ3v) is 4.84. The van der Waals surface area contributed by atoms with Gasteiger partial charge in [-0.05, 0) is 25.1 Å². The lowest BCUT2D eigenvalue weighted by molar-refractivity contribution is -0.385. The molecule has 0 radical (unpaired) electrons. The first-order valence-corrected chi connectivity index (χ1v) is 10.2. The van der Waals surface area contributed by atoms with Crippen LogP contribution in [0.3, 0.4) is 0 Å².